The van der Waals surface area contributed by atoms with Gasteiger partial charge in [-0.15, -0.1) is 0 Å². The normalized spacial score (nSPS) is 34.1. The van der Waals surface area contributed by atoms with Crippen LogP contribution in [0.3, 0.4) is 0 Å². The molecule has 2 aliphatic heterocycles. The molecule has 0 bridgehead atoms. The average molecular weight is 587 g/mol. The maximum atomic E-state index is 12.6. The smallest absolute Gasteiger partial charge is 0.337 e. The summed E-state index contributed by atoms with van der Waals surface area (Å²) in [6.45, 7) is 7.39. The number of carbonyl (C=O) groups is 6. The van der Waals surface area contributed by atoms with Crippen molar-refractivity contribution in [1.82, 2.24) is 0 Å². The second-order valence-electron chi connectivity index (χ2n) is 9.87. The van der Waals surface area contributed by atoms with E-state index in [-0.39, 0.29) is 11.5 Å². The summed E-state index contributed by atoms with van der Waals surface area (Å²) in [6.07, 6.45) is -8.24. The number of fused-ring (bicyclic) bond motifs is 1. The lowest BCUT2D eigenvalue weighted by molar-refractivity contribution is -0.372. The van der Waals surface area contributed by atoms with Crippen LogP contribution in [0.2, 0.25) is 0 Å². The molecule has 0 spiro atoms. The lowest BCUT2D eigenvalue weighted by atomic mass is 9.82. The van der Waals surface area contributed by atoms with Crippen LogP contribution in [0.5, 0.6) is 0 Å². The number of hydrogen-bond acceptors (Lipinski definition) is 15. The van der Waals surface area contributed by atoms with Gasteiger partial charge in [-0.25, -0.2) is 4.79 Å². The first-order valence-electron chi connectivity index (χ1n) is 12.8. The molecule has 0 N–H and O–H groups in total. The zero-order chi connectivity index (χ0) is 30.6. The van der Waals surface area contributed by atoms with Crippen molar-refractivity contribution in [3.63, 3.8) is 0 Å². The third kappa shape index (κ3) is 7.52. The van der Waals surface area contributed by atoms with Crippen LogP contribution in [-0.4, -0.2) is 86.2 Å². The summed E-state index contributed by atoms with van der Waals surface area (Å²) in [4.78, 5) is 72.3. The quantitative estimate of drug-likeness (QED) is 0.285. The Bertz CT molecular complexity index is 1080. The lowest BCUT2D eigenvalue weighted by Crippen LogP contribution is -2.63. The molecule has 2 fully saturated rings. The Balaban J connectivity index is 2.02. The zero-order valence-corrected chi connectivity index (χ0v) is 23.7. The molecule has 0 radical (unpaired) electrons. The molecular formula is C26H34O15. The molecule has 41 heavy (non-hydrogen) atoms. The highest BCUT2D eigenvalue weighted by Gasteiger charge is 2.58. The van der Waals surface area contributed by atoms with Crippen LogP contribution in [0.25, 0.3) is 0 Å². The minimum Gasteiger partial charge on any atom is -0.472 e. The Morgan fingerprint density at radius 1 is 0.707 bits per heavy atom. The van der Waals surface area contributed by atoms with Crippen molar-refractivity contribution in [2.24, 2.45) is 17.8 Å². The second-order valence-corrected chi connectivity index (χ2v) is 9.87. The minimum atomic E-state index is -1.65. The number of rotatable bonds is 8. The number of hydrogen-bond donors (Lipinski definition) is 0. The molecule has 0 amide bonds. The first-order chi connectivity index (χ1) is 19.2. The van der Waals surface area contributed by atoms with E-state index in [9.17, 15) is 28.8 Å². The maximum Gasteiger partial charge on any atom is 0.337 e. The zero-order valence-electron chi connectivity index (χ0n) is 23.7. The molecule has 228 valence electrons. The summed E-state index contributed by atoms with van der Waals surface area (Å²) in [6, 6.07) is 0. The Labute approximate surface area is 235 Å². The van der Waals surface area contributed by atoms with E-state index in [4.69, 9.17) is 42.6 Å². The van der Waals surface area contributed by atoms with Crippen molar-refractivity contribution >= 4 is 35.8 Å². The van der Waals surface area contributed by atoms with Gasteiger partial charge in [-0.3, -0.25) is 24.0 Å². The minimum absolute atomic E-state index is 0.125. The van der Waals surface area contributed by atoms with Crippen molar-refractivity contribution in [1.29, 1.82) is 0 Å². The molecule has 3 rings (SSSR count). The summed E-state index contributed by atoms with van der Waals surface area (Å²) in [5.41, 5.74) is 0.125. The molecule has 15 heteroatoms. The van der Waals surface area contributed by atoms with E-state index in [2.05, 4.69) is 0 Å². The Kier molecular flexibility index (Phi) is 10.3. The fourth-order valence-electron chi connectivity index (χ4n) is 5.42. The highest BCUT2D eigenvalue weighted by atomic mass is 16.8. The van der Waals surface area contributed by atoms with E-state index in [1.807, 2.05) is 6.92 Å². The van der Waals surface area contributed by atoms with Gasteiger partial charge in [0, 0.05) is 46.5 Å². The molecule has 2 heterocycles. The molecule has 3 aliphatic rings. The molecule has 0 aromatic rings. The lowest BCUT2D eigenvalue weighted by Gasteiger charge is -2.45. The van der Waals surface area contributed by atoms with Gasteiger partial charge in [0.25, 0.3) is 0 Å². The Morgan fingerprint density at radius 2 is 1.22 bits per heavy atom. The Morgan fingerprint density at radius 3 is 1.73 bits per heavy atom. The molecule has 4 unspecified atom stereocenters. The van der Waals surface area contributed by atoms with E-state index < -0.39 is 90.9 Å². The van der Waals surface area contributed by atoms with Gasteiger partial charge < -0.3 is 42.6 Å². The molecular weight excluding hydrogens is 552 g/mol. The highest BCUT2D eigenvalue weighted by molar-refractivity contribution is 5.89. The summed E-state index contributed by atoms with van der Waals surface area (Å²) >= 11 is 0. The molecule has 0 aromatic heterocycles. The maximum absolute atomic E-state index is 12.6. The van der Waals surface area contributed by atoms with E-state index >= 15 is 0 Å². The third-order valence-electron chi connectivity index (χ3n) is 6.73. The van der Waals surface area contributed by atoms with Gasteiger partial charge >= 0.3 is 35.8 Å². The molecule has 1 aliphatic carbocycles. The number of carbonyl (C=O) groups excluding carboxylic acids is 6. The van der Waals surface area contributed by atoms with E-state index in [0.717, 1.165) is 34.0 Å². The van der Waals surface area contributed by atoms with Gasteiger partial charge in [-0.05, 0) is 12.3 Å². The van der Waals surface area contributed by atoms with Gasteiger partial charge in [-0.2, -0.15) is 0 Å². The van der Waals surface area contributed by atoms with Crippen LogP contribution >= 0.6 is 0 Å². The van der Waals surface area contributed by atoms with Gasteiger partial charge in [-0.1, -0.05) is 6.92 Å². The van der Waals surface area contributed by atoms with Gasteiger partial charge in [0.1, 0.15) is 6.10 Å². The summed E-state index contributed by atoms with van der Waals surface area (Å²) in [7, 11) is 1.20. The number of esters is 6. The van der Waals surface area contributed by atoms with Crippen LogP contribution in [0.15, 0.2) is 11.8 Å². The van der Waals surface area contributed by atoms with Gasteiger partial charge in [0.05, 0.1) is 18.9 Å². The molecule has 1 saturated carbocycles. The SMILES string of the molecule is COC(=O)C1=COC(O[C@@H]2O[C@H](OC(C)=O)[C@@H](OC(C)=O)[C@H](OC(C)=O)[C@H]2OC(C)=O)C2C1C(OC(C)=O)C[C@H]2C. The molecule has 10 atom stereocenters. The average Bonchev–Trinajstić information content (AvgIpc) is 3.17. The highest BCUT2D eigenvalue weighted by Crippen LogP contribution is 2.49. The first kappa shape index (κ1) is 31.8. The second kappa shape index (κ2) is 13.3. The first-order valence-corrected chi connectivity index (χ1v) is 12.8. The van der Waals surface area contributed by atoms with Crippen LogP contribution < -0.4 is 0 Å². The van der Waals surface area contributed by atoms with Crippen molar-refractivity contribution in [2.45, 2.75) is 91.2 Å². The third-order valence-corrected chi connectivity index (χ3v) is 6.73. The van der Waals surface area contributed by atoms with Crippen LogP contribution in [-0.2, 0) is 71.4 Å². The van der Waals surface area contributed by atoms with E-state index in [1.165, 1.54) is 14.0 Å². The number of ether oxygens (including phenoxy) is 9. The molecule has 15 nitrogen and oxygen atoms in total. The predicted molar refractivity (Wildman–Crippen MR) is 129 cm³/mol. The van der Waals surface area contributed by atoms with Crippen molar-refractivity contribution in [3.8, 4) is 0 Å². The van der Waals surface area contributed by atoms with Crippen molar-refractivity contribution in [2.75, 3.05) is 7.11 Å². The summed E-state index contributed by atoms with van der Waals surface area (Å²) in [5.74, 6) is -6.09. The monoisotopic (exact) mass is 586 g/mol. The summed E-state index contributed by atoms with van der Waals surface area (Å²) < 4.78 is 49.3. The molecule has 0 aromatic carbocycles. The van der Waals surface area contributed by atoms with Gasteiger partial charge in [0.15, 0.2) is 12.2 Å². The standard InChI is InChI=1S/C26H34O15/c1-10-8-17(35-11(2)27)19-16(23(32)33-7)9-34-24(18(10)19)40-26-22(38-14(5)30)20(36-12(3)28)21(37-13(4)29)25(41-26)39-15(6)31/h9-10,17-22,24-26H,8H2,1-7H3/t10-,17?,18?,19?,20+,21+,22-,24?,25+,26-/m1/s1. The number of methoxy groups -OCH3 is 1. The van der Waals surface area contributed by atoms with Crippen LogP contribution in [0.4, 0.5) is 0 Å². The van der Waals surface area contributed by atoms with E-state index in [1.54, 1.807) is 0 Å². The fourth-order valence-corrected chi connectivity index (χ4v) is 5.42. The largest absolute Gasteiger partial charge is 0.472 e. The Hall–Kier alpha value is -3.72. The van der Waals surface area contributed by atoms with E-state index in [0.29, 0.717) is 6.42 Å². The molecule has 1 saturated heterocycles. The van der Waals surface area contributed by atoms with Crippen molar-refractivity contribution < 1.29 is 71.4 Å². The topological polar surface area (TPSA) is 185 Å². The fraction of sp³-hybridized carbons (Fsp3) is 0.692. The van der Waals surface area contributed by atoms with Gasteiger partial charge in [0.2, 0.25) is 25.0 Å². The predicted octanol–water partition coefficient (Wildman–Crippen LogP) is 0.661. The van der Waals surface area contributed by atoms with Crippen LogP contribution in [0, 0.1) is 17.8 Å². The van der Waals surface area contributed by atoms with Crippen molar-refractivity contribution in [3.05, 3.63) is 11.8 Å². The summed E-state index contributed by atoms with van der Waals surface area (Å²) in [5, 5.41) is 0. The van der Waals surface area contributed by atoms with Crippen LogP contribution in [0.1, 0.15) is 48.0 Å².